The van der Waals surface area contributed by atoms with Gasteiger partial charge in [-0.05, 0) is 18.9 Å². The highest BCUT2D eigenvalue weighted by Gasteiger charge is 2.14. The molecule has 2 aromatic heterocycles. The van der Waals surface area contributed by atoms with E-state index in [1.54, 1.807) is 17.6 Å². The molecule has 0 amide bonds. The molecule has 0 saturated carbocycles. The molecule has 102 valence electrons. The molecule has 0 aromatic carbocycles. The van der Waals surface area contributed by atoms with Gasteiger partial charge < -0.3 is 9.47 Å². The second-order valence-corrected chi connectivity index (χ2v) is 4.68. The van der Waals surface area contributed by atoms with E-state index in [4.69, 9.17) is 9.47 Å². The van der Waals surface area contributed by atoms with Gasteiger partial charge in [-0.25, -0.2) is 9.31 Å². The molecule has 5 heteroatoms. The Hall–Kier alpha value is -2.04. The fraction of sp³-hybridized carbons (Fsp3) is 0.429. The molecule has 19 heavy (non-hydrogen) atoms. The summed E-state index contributed by atoms with van der Waals surface area (Å²) in [6.07, 6.45) is 3.28. The third-order valence-corrected chi connectivity index (χ3v) is 2.57. The monoisotopic (exact) mass is 262 g/mol. The van der Waals surface area contributed by atoms with Crippen molar-refractivity contribution < 1.29 is 14.3 Å². The molecule has 2 heterocycles. The Morgan fingerprint density at radius 2 is 2.26 bits per heavy atom. The highest BCUT2D eigenvalue weighted by Crippen LogP contribution is 2.19. The SMILES string of the molecule is CCOC(=O)c1cnn2ccc(OCC(C)C)cc12. The molecule has 0 saturated heterocycles. The molecule has 2 rings (SSSR count). The van der Waals surface area contributed by atoms with Crippen LogP contribution < -0.4 is 4.74 Å². The lowest BCUT2D eigenvalue weighted by molar-refractivity contribution is 0.0528. The lowest BCUT2D eigenvalue weighted by Gasteiger charge is -2.09. The molecule has 0 aliphatic rings. The van der Waals surface area contributed by atoms with Crippen molar-refractivity contribution in [3.63, 3.8) is 0 Å². The second kappa shape index (κ2) is 5.73. The minimum atomic E-state index is -0.362. The van der Waals surface area contributed by atoms with Crippen LogP contribution in [-0.4, -0.2) is 28.8 Å². The van der Waals surface area contributed by atoms with Crippen LogP contribution >= 0.6 is 0 Å². The first-order valence-corrected chi connectivity index (χ1v) is 6.39. The number of esters is 1. The second-order valence-electron chi connectivity index (χ2n) is 4.68. The van der Waals surface area contributed by atoms with E-state index in [1.807, 2.05) is 12.1 Å². The lowest BCUT2D eigenvalue weighted by Crippen LogP contribution is -2.06. The first-order chi connectivity index (χ1) is 9.11. The Morgan fingerprint density at radius 3 is 2.95 bits per heavy atom. The molecule has 0 bridgehead atoms. The maximum atomic E-state index is 11.8. The number of fused-ring (bicyclic) bond motifs is 1. The molecule has 0 aliphatic carbocycles. The number of hydrogen-bond acceptors (Lipinski definition) is 4. The van der Waals surface area contributed by atoms with Crippen molar-refractivity contribution in [2.45, 2.75) is 20.8 Å². The molecule has 0 spiro atoms. The zero-order valence-corrected chi connectivity index (χ0v) is 11.4. The summed E-state index contributed by atoms with van der Waals surface area (Å²) in [5.41, 5.74) is 1.15. The minimum absolute atomic E-state index is 0.347. The highest BCUT2D eigenvalue weighted by atomic mass is 16.5. The fourth-order valence-corrected chi connectivity index (χ4v) is 1.68. The molecule has 0 fully saturated rings. The van der Waals surface area contributed by atoms with Gasteiger partial charge in [-0.1, -0.05) is 13.8 Å². The Morgan fingerprint density at radius 1 is 1.47 bits per heavy atom. The average Bonchev–Trinajstić information content (AvgIpc) is 2.79. The fourth-order valence-electron chi connectivity index (χ4n) is 1.68. The van der Waals surface area contributed by atoms with Crippen LogP contribution in [0.3, 0.4) is 0 Å². The molecule has 5 nitrogen and oxygen atoms in total. The van der Waals surface area contributed by atoms with E-state index in [1.165, 1.54) is 6.20 Å². The van der Waals surface area contributed by atoms with Gasteiger partial charge >= 0.3 is 5.97 Å². The van der Waals surface area contributed by atoms with Crippen LogP contribution in [0.25, 0.3) is 5.52 Å². The molecule has 0 atom stereocenters. The summed E-state index contributed by atoms with van der Waals surface area (Å²) in [6.45, 7) is 6.93. The van der Waals surface area contributed by atoms with E-state index in [-0.39, 0.29) is 5.97 Å². The third-order valence-electron chi connectivity index (χ3n) is 2.57. The van der Waals surface area contributed by atoms with Crippen LogP contribution in [0.1, 0.15) is 31.1 Å². The Balaban J connectivity index is 2.29. The van der Waals surface area contributed by atoms with Gasteiger partial charge in [-0.3, -0.25) is 0 Å². The molecule has 0 radical (unpaired) electrons. The molecule has 0 N–H and O–H groups in total. The Kier molecular flexibility index (Phi) is 4.04. The van der Waals surface area contributed by atoms with Gasteiger partial charge in [-0.15, -0.1) is 0 Å². The van der Waals surface area contributed by atoms with E-state index in [2.05, 4.69) is 18.9 Å². The van der Waals surface area contributed by atoms with Gasteiger partial charge in [0.1, 0.15) is 11.3 Å². The number of nitrogens with zero attached hydrogens (tertiary/aromatic N) is 2. The third kappa shape index (κ3) is 3.05. The predicted octanol–water partition coefficient (Wildman–Crippen LogP) is 2.55. The van der Waals surface area contributed by atoms with Crippen LogP contribution in [0.2, 0.25) is 0 Å². The van der Waals surface area contributed by atoms with Crippen molar-refractivity contribution in [1.29, 1.82) is 0 Å². The molecular formula is C14H18N2O3. The smallest absolute Gasteiger partial charge is 0.341 e. The van der Waals surface area contributed by atoms with Crippen LogP contribution in [0.5, 0.6) is 5.75 Å². The van der Waals surface area contributed by atoms with Gasteiger partial charge in [0.2, 0.25) is 0 Å². The largest absolute Gasteiger partial charge is 0.493 e. The summed E-state index contributed by atoms with van der Waals surface area (Å²) < 4.78 is 12.3. The van der Waals surface area contributed by atoms with Crippen molar-refractivity contribution in [2.75, 3.05) is 13.2 Å². The normalized spacial score (nSPS) is 10.9. The summed E-state index contributed by atoms with van der Waals surface area (Å²) in [4.78, 5) is 11.8. The van der Waals surface area contributed by atoms with E-state index < -0.39 is 0 Å². The standard InChI is InChI=1S/C14H18N2O3/c1-4-18-14(17)12-8-15-16-6-5-11(7-13(12)16)19-9-10(2)3/h5-8,10H,4,9H2,1-3H3. The van der Waals surface area contributed by atoms with Crippen molar-refractivity contribution in [3.05, 3.63) is 30.1 Å². The Labute approximate surface area is 112 Å². The first kappa shape index (κ1) is 13.4. The molecule has 0 aliphatic heterocycles. The van der Waals surface area contributed by atoms with Crippen LogP contribution in [0.4, 0.5) is 0 Å². The average molecular weight is 262 g/mol. The van der Waals surface area contributed by atoms with E-state index in [0.717, 1.165) is 5.75 Å². The zero-order valence-electron chi connectivity index (χ0n) is 11.4. The summed E-state index contributed by atoms with van der Waals surface area (Å²) in [6, 6.07) is 3.64. The maximum absolute atomic E-state index is 11.8. The number of rotatable bonds is 5. The maximum Gasteiger partial charge on any atom is 0.341 e. The van der Waals surface area contributed by atoms with E-state index >= 15 is 0 Å². The van der Waals surface area contributed by atoms with Gasteiger partial charge in [0.05, 0.1) is 24.9 Å². The summed E-state index contributed by atoms with van der Waals surface area (Å²) in [7, 11) is 0. The number of hydrogen-bond donors (Lipinski definition) is 0. The Bertz CT molecular complexity index is 575. The van der Waals surface area contributed by atoms with Crippen LogP contribution in [0.15, 0.2) is 24.5 Å². The molecule has 0 unspecified atom stereocenters. The van der Waals surface area contributed by atoms with Crippen molar-refractivity contribution in [2.24, 2.45) is 5.92 Å². The van der Waals surface area contributed by atoms with E-state index in [9.17, 15) is 4.79 Å². The summed E-state index contributed by atoms with van der Waals surface area (Å²) >= 11 is 0. The van der Waals surface area contributed by atoms with E-state index in [0.29, 0.717) is 30.2 Å². The lowest BCUT2D eigenvalue weighted by atomic mass is 10.2. The molecular weight excluding hydrogens is 244 g/mol. The number of pyridine rings is 1. The topological polar surface area (TPSA) is 52.8 Å². The van der Waals surface area contributed by atoms with Crippen molar-refractivity contribution >= 4 is 11.5 Å². The quantitative estimate of drug-likeness (QED) is 0.777. The number of carbonyl (C=O) groups is 1. The number of aromatic nitrogens is 2. The number of carbonyl (C=O) groups excluding carboxylic acids is 1. The zero-order chi connectivity index (χ0) is 13.8. The van der Waals surface area contributed by atoms with Gasteiger partial charge in [0, 0.05) is 12.3 Å². The van der Waals surface area contributed by atoms with Crippen LogP contribution in [0, 0.1) is 5.92 Å². The van der Waals surface area contributed by atoms with Crippen molar-refractivity contribution in [1.82, 2.24) is 9.61 Å². The first-order valence-electron chi connectivity index (χ1n) is 6.39. The van der Waals surface area contributed by atoms with Gasteiger partial charge in [0.25, 0.3) is 0 Å². The minimum Gasteiger partial charge on any atom is -0.493 e. The predicted molar refractivity (Wildman–Crippen MR) is 71.5 cm³/mol. The van der Waals surface area contributed by atoms with Gasteiger partial charge in [0.15, 0.2) is 0 Å². The number of ether oxygens (including phenoxy) is 2. The summed E-state index contributed by atoms with van der Waals surface area (Å²) in [5, 5.41) is 4.12. The molecule has 2 aromatic rings. The van der Waals surface area contributed by atoms with Crippen molar-refractivity contribution in [3.8, 4) is 5.75 Å². The van der Waals surface area contributed by atoms with Crippen LogP contribution in [-0.2, 0) is 4.74 Å². The highest BCUT2D eigenvalue weighted by molar-refractivity contribution is 5.96. The summed E-state index contributed by atoms with van der Waals surface area (Å²) in [5.74, 6) is 0.816. The van der Waals surface area contributed by atoms with Gasteiger partial charge in [-0.2, -0.15) is 5.10 Å².